The lowest BCUT2D eigenvalue weighted by Crippen LogP contribution is -2.03. The lowest BCUT2D eigenvalue weighted by atomic mass is 10.3. The molecular formula is C13H13BrN4S. The zero-order valence-electron chi connectivity index (χ0n) is 10.4. The van der Waals surface area contributed by atoms with Crippen molar-refractivity contribution in [3.8, 4) is 0 Å². The van der Waals surface area contributed by atoms with Crippen molar-refractivity contribution in [2.24, 2.45) is 0 Å². The summed E-state index contributed by atoms with van der Waals surface area (Å²) >= 11 is 5.02. The van der Waals surface area contributed by atoms with Gasteiger partial charge in [0, 0.05) is 17.7 Å². The Morgan fingerprint density at radius 1 is 1.32 bits per heavy atom. The zero-order chi connectivity index (χ0) is 13.4. The van der Waals surface area contributed by atoms with Crippen LogP contribution in [0.15, 0.2) is 32.9 Å². The Kier molecular flexibility index (Phi) is 3.45. The van der Waals surface area contributed by atoms with Gasteiger partial charge in [0.05, 0.1) is 4.47 Å². The van der Waals surface area contributed by atoms with E-state index in [1.54, 1.807) is 6.20 Å². The van der Waals surface area contributed by atoms with E-state index in [2.05, 4.69) is 30.9 Å². The quantitative estimate of drug-likeness (QED) is 0.868. The number of nitrogens with two attached hydrogens (primary N) is 1. The summed E-state index contributed by atoms with van der Waals surface area (Å²) in [5, 5.41) is 1.79. The van der Waals surface area contributed by atoms with Gasteiger partial charge in [-0.15, -0.1) is 0 Å². The van der Waals surface area contributed by atoms with Crippen LogP contribution in [0.1, 0.15) is 30.1 Å². The van der Waals surface area contributed by atoms with Gasteiger partial charge in [-0.1, -0.05) is 0 Å². The Bertz CT molecular complexity index is 628. The number of nitrogens with zero attached hydrogens (tertiary/aromatic N) is 3. The molecule has 19 heavy (non-hydrogen) atoms. The van der Waals surface area contributed by atoms with Crippen LogP contribution >= 0.6 is 27.7 Å². The third-order valence-electron chi connectivity index (χ3n) is 3.02. The molecule has 2 N–H and O–H groups in total. The number of halogens is 1. The number of rotatable bonds is 3. The molecule has 0 saturated heterocycles. The lowest BCUT2D eigenvalue weighted by Gasteiger charge is -2.09. The van der Waals surface area contributed by atoms with Crippen molar-refractivity contribution in [1.29, 1.82) is 0 Å². The van der Waals surface area contributed by atoms with Crippen LogP contribution < -0.4 is 5.73 Å². The molecule has 2 heterocycles. The van der Waals surface area contributed by atoms with Crippen molar-refractivity contribution in [2.45, 2.75) is 35.7 Å². The first-order valence-electron chi connectivity index (χ1n) is 6.07. The number of aromatic nitrogens is 3. The third-order valence-corrected chi connectivity index (χ3v) is 5.03. The summed E-state index contributed by atoms with van der Waals surface area (Å²) in [4.78, 5) is 13.4. The topological polar surface area (TPSA) is 64.7 Å². The Balaban J connectivity index is 1.98. The van der Waals surface area contributed by atoms with Gasteiger partial charge in [0.15, 0.2) is 0 Å². The van der Waals surface area contributed by atoms with Gasteiger partial charge in [0.1, 0.15) is 21.7 Å². The molecule has 3 rings (SSSR count). The maximum Gasteiger partial charge on any atom is 0.135 e. The highest BCUT2D eigenvalue weighted by Gasteiger charge is 2.28. The van der Waals surface area contributed by atoms with Crippen LogP contribution in [0, 0.1) is 6.92 Å². The minimum Gasteiger partial charge on any atom is -0.383 e. The molecule has 1 aliphatic rings. The molecule has 1 fully saturated rings. The summed E-state index contributed by atoms with van der Waals surface area (Å²) in [6, 6.07) is 3.86. The molecule has 0 unspecified atom stereocenters. The van der Waals surface area contributed by atoms with Crippen LogP contribution in [0.2, 0.25) is 0 Å². The largest absolute Gasteiger partial charge is 0.383 e. The summed E-state index contributed by atoms with van der Waals surface area (Å²) in [5.41, 5.74) is 6.91. The summed E-state index contributed by atoms with van der Waals surface area (Å²) < 4.78 is 0.963. The van der Waals surface area contributed by atoms with Crippen LogP contribution in [0.25, 0.3) is 0 Å². The molecule has 0 spiro atoms. The molecule has 2 aromatic rings. The first-order valence-corrected chi connectivity index (χ1v) is 7.68. The highest BCUT2D eigenvalue weighted by atomic mass is 79.9. The average molecular weight is 337 g/mol. The van der Waals surface area contributed by atoms with Crippen molar-refractivity contribution in [1.82, 2.24) is 15.0 Å². The minimum absolute atomic E-state index is 0.495. The van der Waals surface area contributed by atoms with Gasteiger partial charge in [-0.3, -0.25) is 0 Å². The molecule has 0 atom stereocenters. The number of hydrogen-bond donors (Lipinski definition) is 1. The average Bonchev–Trinajstić information content (AvgIpc) is 3.21. The fourth-order valence-electron chi connectivity index (χ4n) is 1.69. The Morgan fingerprint density at radius 2 is 2.11 bits per heavy atom. The van der Waals surface area contributed by atoms with Gasteiger partial charge in [-0.25, -0.2) is 15.0 Å². The molecule has 1 saturated carbocycles. The zero-order valence-corrected chi connectivity index (χ0v) is 12.8. The van der Waals surface area contributed by atoms with E-state index in [0.717, 1.165) is 25.9 Å². The summed E-state index contributed by atoms with van der Waals surface area (Å²) in [5.74, 6) is 1.94. The molecule has 4 nitrogen and oxygen atoms in total. The number of nitrogen functional groups attached to an aromatic ring is 1. The maximum atomic E-state index is 5.98. The lowest BCUT2D eigenvalue weighted by molar-refractivity contribution is 0.867. The first kappa shape index (κ1) is 12.9. The van der Waals surface area contributed by atoms with Gasteiger partial charge >= 0.3 is 0 Å². The molecule has 1 aliphatic carbocycles. The summed E-state index contributed by atoms with van der Waals surface area (Å²) in [7, 11) is 0. The minimum atomic E-state index is 0.495. The van der Waals surface area contributed by atoms with E-state index in [9.17, 15) is 0 Å². The number of hydrogen-bond acceptors (Lipinski definition) is 5. The highest BCUT2D eigenvalue weighted by molar-refractivity contribution is 9.10. The Morgan fingerprint density at radius 3 is 2.79 bits per heavy atom. The van der Waals surface area contributed by atoms with Crippen LogP contribution in [0.3, 0.4) is 0 Å². The smallest absolute Gasteiger partial charge is 0.135 e. The standard InChI is InChI=1S/C13H13BrN4S/c1-7-10(15)17-11(8-4-5-8)18-12(7)19-13-9(14)3-2-6-16-13/h2-3,6,8H,4-5H2,1H3,(H2,15,17,18). The predicted molar refractivity (Wildman–Crippen MR) is 79.2 cm³/mol. The second kappa shape index (κ2) is 5.09. The van der Waals surface area contributed by atoms with E-state index in [0.29, 0.717) is 11.7 Å². The van der Waals surface area contributed by atoms with E-state index in [1.807, 2.05) is 19.1 Å². The van der Waals surface area contributed by atoms with E-state index in [4.69, 9.17) is 5.73 Å². The number of pyridine rings is 1. The summed E-state index contributed by atoms with van der Waals surface area (Å²) in [6.07, 6.45) is 4.11. The van der Waals surface area contributed by atoms with Crippen molar-refractivity contribution < 1.29 is 0 Å². The van der Waals surface area contributed by atoms with Crippen molar-refractivity contribution in [3.05, 3.63) is 34.2 Å². The molecule has 0 bridgehead atoms. The van der Waals surface area contributed by atoms with Gasteiger partial charge in [0.2, 0.25) is 0 Å². The fourth-order valence-corrected chi connectivity index (χ4v) is 3.05. The Labute approximate surface area is 124 Å². The third kappa shape index (κ3) is 2.74. The van der Waals surface area contributed by atoms with Crippen LogP contribution in [0.4, 0.5) is 5.82 Å². The Hall–Kier alpha value is -1.14. The second-order valence-corrected chi connectivity index (χ2v) is 6.40. The van der Waals surface area contributed by atoms with E-state index in [-0.39, 0.29) is 0 Å². The number of anilines is 1. The van der Waals surface area contributed by atoms with Crippen molar-refractivity contribution in [3.63, 3.8) is 0 Å². The van der Waals surface area contributed by atoms with Crippen LogP contribution in [0.5, 0.6) is 0 Å². The molecule has 0 aliphatic heterocycles. The normalized spacial score (nSPS) is 14.6. The molecule has 0 aromatic carbocycles. The fraction of sp³-hybridized carbons (Fsp3) is 0.308. The molecule has 0 radical (unpaired) electrons. The predicted octanol–water partition coefficient (Wildman–Crippen LogP) is 3.55. The molecule has 98 valence electrons. The summed E-state index contributed by atoms with van der Waals surface area (Å²) in [6.45, 7) is 1.95. The van der Waals surface area contributed by atoms with Crippen molar-refractivity contribution in [2.75, 3.05) is 5.73 Å². The first-order chi connectivity index (χ1) is 9.15. The SMILES string of the molecule is Cc1c(N)nc(C2CC2)nc1Sc1ncccc1Br. The molecule has 6 heteroatoms. The highest BCUT2D eigenvalue weighted by Crippen LogP contribution is 2.40. The van der Waals surface area contributed by atoms with Gasteiger partial charge < -0.3 is 5.73 Å². The molecule has 0 amide bonds. The van der Waals surface area contributed by atoms with Gasteiger partial charge in [-0.05, 0) is 59.6 Å². The molecule has 2 aromatic heterocycles. The second-order valence-electron chi connectivity index (χ2n) is 4.56. The van der Waals surface area contributed by atoms with E-state index in [1.165, 1.54) is 24.6 Å². The molecular weight excluding hydrogens is 324 g/mol. The van der Waals surface area contributed by atoms with E-state index >= 15 is 0 Å². The van der Waals surface area contributed by atoms with Crippen molar-refractivity contribution >= 4 is 33.5 Å². The van der Waals surface area contributed by atoms with Crippen LogP contribution in [-0.2, 0) is 0 Å². The van der Waals surface area contributed by atoms with Crippen LogP contribution in [-0.4, -0.2) is 15.0 Å². The maximum absolute atomic E-state index is 5.98. The monoisotopic (exact) mass is 336 g/mol. The van der Waals surface area contributed by atoms with Gasteiger partial charge in [-0.2, -0.15) is 0 Å². The van der Waals surface area contributed by atoms with Gasteiger partial charge in [0.25, 0.3) is 0 Å². The van der Waals surface area contributed by atoms with E-state index < -0.39 is 0 Å².